The lowest BCUT2D eigenvalue weighted by molar-refractivity contribution is -0.136. The quantitative estimate of drug-likeness (QED) is 0.408. The predicted molar refractivity (Wildman–Crippen MR) is 127 cm³/mol. The second-order valence-electron chi connectivity index (χ2n) is 8.03. The van der Waals surface area contributed by atoms with Gasteiger partial charge in [0.25, 0.3) is 5.91 Å². The van der Waals surface area contributed by atoms with Crippen LogP contribution in [0.1, 0.15) is 24.4 Å². The zero-order valence-corrected chi connectivity index (χ0v) is 19.4. The fraction of sp³-hybridized carbons (Fsp3) is 0.227. The first kappa shape index (κ1) is 23.6. The fourth-order valence-electron chi connectivity index (χ4n) is 3.77. The molecule has 2 aromatic carbocycles. The van der Waals surface area contributed by atoms with E-state index >= 15 is 0 Å². The van der Waals surface area contributed by atoms with Crippen LogP contribution >= 0.6 is 23.6 Å². The number of alkyl halides is 3. The van der Waals surface area contributed by atoms with Gasteiger partial charge in [-0.25, -0.2) is 9.83 Å². The van der Waals surface area contributed by atoms with E-state index in [1.807, 2.05) is 0 Å². The number of nitrogens with zero attached hydrogens (tertiary/aromatic N) is 4. The maximum Gasteiger partial charge on any atom is 0.407 e. The van der Waals surface area contributed by atoms with Crippen LogP contribution in [0.5, 0.6) is 0 Å². The highest BCUT2D eigenvalue weighted by Crippen LogP contribution is 2.42. The van der Waals surface area contributed by atoms with Gasteiger partial charge < -0.3 is 10.6 Å². The summed E-state index contributed by atoms with van der Waals surface area (Å²) in [6, 6.07) is 8.25. The molecule has 174 valence electrons. The highest BCUT2D eigenvalue weighted by Gasteiger charge is 2.50. The molecule has 2 heterocycles. The summed E-state index contributed by atoms with van der Waals surface area (Å²) >= 11 is 6.86. The Morgan fingerprint density at radius 2 is 1.91 bits per heavy atom. The van der Waals surface area contributed by atoms with Gasteiger partial charge in [-0.15, -0.1) is 11.3 Å². The summed E-state index contributed by atoms with van der Waals surface area (Å²) < 4.78 is 41.3. The van der Waals surface area contributed by atoms with Crippen LogP contribution in [0.4, 0.5) is 30.2 Å². The van der Waals surface area contributed by atoms with Gasteiger partial charge in [0.15, 0.2) is 10.8 Å². The molecule has 4 rings (SSSR count). The number of rotatable bonds is 4. The molecule has 0 radical (unpaired) electrons. The number of amides is 2. The van der Waals surface area contributed by atoms with E-state index in [2.05, 4.69) is 9.83 Å². The molecule has 7 nitrogen and oxygen atoms in total. The van der Waals surface area contributed by atoms with Crippen LogP contribution in [-0.4, -0.2) is 27.4 Å². The summed E-state index contributed by atoms with van der Waals surface area (Å²) in [5.74, 6) is -1.03. The second kappa shape index (κ2) is 8.03. The lowest BCUT2D eigenvalue weighted by Gasteiger charge is -2.29. The lowest BCUT2D eigenvalue weighted by Crippen LogP contribution is -2.44. The molecule has 0 saturated carbocycles. The largest absolute Gasteiger partial charge is 0.407 e. The summed E-state index contributed by atoms with van der Waals surface area (Å²) in [4.78, 5) is 34.5. The van der Waals surface area contributed by atoms with Gasteiger partial charge in [-0.05, 0) is 56.4 Å². The number of anilines is 2. The number of carbonyl (C=O) groups excluding carboxylic acids is 2. The van der Waals surface area contributed by atoms with E-state index in [1.165, 1.54) is 17.4 Å². The monoisotopic (exact) mass is 503 g/mol. The number of halogens is 3. The molecule has 2 N–H and O–H groups in total. The zero-order chi connectivity index (χ0) is 25.0. The summed E-state index contributed by atoms with van der Waals surface area (Å²) in [6.07, 6.45) is -4.77. The molecule has 1 saturated heterocycles. The molecule has 3 aromatic rings. The van der Waals surface area contributed by atoms with Crippen molar-refractivity contribution in [1.29, 1.82) is 0 Å². The van der Waals surface area contributed by atoms with Crippen molar-refractivity contribution in [2.45, 2.75) is 32.0 Å². The maximum absolute atomic E-state index is 13.5. The Morgan fingerprint density at radius 3 is 2.53 bits per heavy atom. The number of nitrogens with two attached hydrogens (primary N) is 1. The Hall–Kier alpha value is -3.56. The van der Waals surface area contributed by atoms with Crippen molar-refractivity contribution in [3.05, 3.63) is 58.4 Å². The molecule has 1 aliphatic rings. The molecule has 0 aliphatic carbocycles. The second-order valence-corrected chi connectivity index (χ2v) is 9.51. The van der Waals surface area contributed by atoms with Crippen molar-refractivity contribution in [3.63, 3.8) is 0 Å². The van der Waals surface area contributed by atoms with Crippen LogP contribution in [0.3, 0.4) is 0 Å². The molecule has 1 fully saturated rings. The van der Waals surface area contributed by atoms with Crippen LogP contribution in [0.2, 0.25) is 0 Å². The number of carbonyl (C=O) groups is 2. The first-order valence-corrected chi connectivity index (χ1v) is 11.0. The fourth-order valence-corrected chi connectivity index (χ4v) is 5.25. The third-order valence-electron chi connectivity index (χ3n) is 5.33. The van der Waals surface area contributed by atoms with Crippen molar-refractivity contribution in [2.75, 3.05) is 9.80 Å². The van der Waals surface area contributed by atoms with Crippen molar-refractivity contribution in [2.24, 2.45) is 5.73 Å². The minimum absolute atomic E-state index is 0.00327. The molecular weight excluding hydrogens is 487 g/mol. The molecule has 0 bridgehead atoms. The highest BCUT2D eigenvalue weighted by atomic mass is 32.1. The van der Waals surface area contributed by atoms with Crippen LogP contribution in [0.15, 0.2) is 36.4 Å². The van der Waals surface area contributed by atoms with E-state index in [0.29, 0.717) is 16.2 Å². The van der Waals surface area contributed by atoms with Crippen molar-refractivity contribution in [1.82, 2.24) is 4.98 Å². The predicted octanol–water partition coefficient (Wildman–Crippen LogP) is 4.81. The maximum atomic E-state index is 13.5. The zero-order valence-electron chi connectivity index (χ0n) is 17.8. The Morgan fingerprint density at radius 1 is 1.24 bits per heavy atom. The van der Waals surface area contributed by atoms with Crippen molar-refractivity contribution >= 4 is 67.8 Å². The molecule has 12 heteroatoms. The molecule has 1 aromatic heterocycles. The molecular formula is C22H16F3N5O2S2. The molecule has 0 unspecified atom stereocenters. The number of thiazole rings is 1. The van der Waals surface area contributed by atoms with E-state index in [1.54, 1.807) is 36.9 Å². The first-order valence-electron chi connectivity index (χ1n) is 9.80. The normalized spacial score (nSPS) is 15.8. The van der Waals surface area contributed by atoms with Crippen LogP contribution in [0.25, 0.3) is 15.1 Å². The minimum Gasteiger partial charge on any atom is -0.369 e. The van der Waals surface area contributed by atoms with E-state index in [4.69, 9.17) is 24.5 Å². The number of hydrogen-bond acceptors (Lipinski definition) is 5. The average Bonchev–Trinajstić information content (AvgIpc) is 3.20. The van der Waals surface area contributed by atoms with E-state index < -0.39 is 34.8 Å². The van der Waals surface area contributed by atoms with E-state index in [9.17, 15) is 22.8 Å². The number of primary amides is 1. The third kappa shape index (κ3) is 3.86. The Bertz CT molecular complexity index is 1410. The number of fused-ring (bicyclic) bond motifs is 1. The van der Waals surface area contributed by atoms with Gasteiger partial charge in [-0.2, -0.15) is 13.2 Å². The van der Waals surface area contributed by atoms with Gasteiger partial charge in [-0.1, -0.05) is 6.07 Å². The summed E-state index contributed by atoms with van der Waals surface area (Å²) in [5.41, 5.74) is 3.33. The summed E-state index contributed by atoms with van der Waals surface area (Å²) in [5, 5.41) is 0.533. The average molecular weight is 504 g/mol. The molecule has 2 amide bonds. The third-order valence-corrected chi connectivity index (χ3v) is 6.73. The first-order chi connectivity index (χ1) is 15.8. The molecule has 0 atom stereocenters. The SMILES string of the molecule is [C-]#[N+]c1ccc(N2C(=O)C(C)(C)N(c3ccc4sc(CC(N)=O)nc4c3)C2=S)cc1C(F)(F)F. The van der Waals surface area contributed by atoms with Gasteiger partial charge in [0.05, 0.1) is 28.8 Å². The summed E-state index contributed by atoms with van der Waals surface area (Å²) in [6.45, 7) is 10.2. The smallest absolute Gasteiger partial charge is 0.369 e. The van der Waals surface area contributed by atoms with Gasteiger partial charge in [0.2, 0.25) is 5.91 Å². The minimum atomic E-state index is -4.77. The van der Waals surface area contributed by atoms with Crippen molar-refractivity contribution < 1.29 is 22.8 Å². The summed E-state index contributed by atoms with van der Waals surface area (Å²) in [7, 11) is 0. The highest BCUT2D eigenvalue weighted by molar-refractivity contribution is 7.81. The Kier molecular flexibility index (Phi) is 5.58. The Labute approximate surface area is 201 Å². The van der Waals surface area contributed by atoms with E-state index in [0.717, 1.165) is 21.7 Å². The molecule has 1 aliphatic heterocycles. The van der Waals surface area contributed by atoms with Crippen LogP contribution < -0.4 is 15.5 Å². The lowest BCUT2D eigenvalue weighted by atomic mass is 10.0. The standard InChI is InChI=1S/C22H16F3N5O2S2/c1-21(2)19(32)29(11-4-6-14(27-3)13(8-11)22(23,24)25)20(33)30(21)12-5-7-16-15(9-12)28-18(34-16)10-17(26)31/h4-9H,10H2,1-2H3,(H2,26,31). The molecule has 34 heavy (non-hydrogen) atoms. The number of aromatic nitrogens is 1. The number of hydrogen-bond donors (Lipinski definition) is 1. The van der Waals surface area contributed by atoms with Gasteiger partial charge >= 0.3 is 6.18 Å². The van der Waals surface area contributed by atoms with Gasteiger partial charge in [-0.3, -0.25) is 14.5 Å². The Balaban J connectivity index is 1.77. The topological polar surface area (TPSA) is 83.9 Å². The van der Waals surface area contributed by atoms with Gasteiger partial charge in [0.1, 0.15) is 10.5 Å². The van der Waals surface area contributed by atoms with Gasteiger partial charge in [0, 0.05) is 11.4 Å². The molecule has 0 spiro atoms. The van der Waals surface area contributed by atoms with E-state index in [-0.39, 0.29) is 17.2 Å². The van der Waals surface area contributed by atoms with Crippen molar-refractivity contribution in [3.8, 4) is 0 Å². The van der Waals surface area contributed by atoms with Crippen LogP contribution in [-0.2, 0) is 22.2 Å². The van der Waals surface area contributed by atoms with Crippen LogP contribution in [0, 0.1) is 6.57 Å². The number of thiocarbonyl (C=S) groups is 1. The number of benzene rings is 2.